The van der Waals surface area contributed by atoms with Gasteiger partial charge < -0.3 is 9.32 Å². The van der Waals surface area contributed by atoms with Gasteiger partial charge in [0.25, 0.3) is 6.01 Å². The van der Waals surface area contributed by atoms with Gasteiger partial charge in [-0.2, -0.15) is 4.98 Å². The second-order valence-electron chi connectivity index (χ2n) is 3.91. The third-order valence-electron chi connectivity index (χ3n) is 2.59. The maximum atomic E-state index is 11.4. The molecular weight excluding hydrogens is 252 g/mol. The molecule has 2 rings (SSSR count). The summed E-state index contributed by atoms with van der Waals surface area (Å²) < 4.78 is 28.1. The van der Waals surface area contributed by atoms with E-state index in [1.807, 2.05) is 11.8 Å². The third-order valence-corrected chi connectivity index (χ3v) is 4.66. The number of aromatic nitrogens is 1. The summed E-state index contributed by atoms with van der Waals surface area (Å²) in [5.41, 5.74) is 0.664. The number of sulfone groups is 1. The van der Waals surface area contributed by atoms with Crippen molar-refractivity contribution in [3.63, 3.8) is 0 Å². The second-order valence-corrected chi connectivity index (χ2v) is 6.41. The maximum absolute atomic E-state index is 11.4. The van der Waals surface area contributed by atoms with Crippen LogP contribution >= 0.6 is 11.6 Å². The Kier molecular flexibility index (Phi) is 3.12. The van der Waals surface area contributed by atoms with Crippen LogP contribution in [0.5, 0.6) is 0 Å². The molecule has 1 aromatic heterocycles. The van der Waals surface area contributed by atoms with Crippen molar-refractivity contribution in [2.24, 2.45) is 0 Å². The van der Waals surface area contributed by atoms with Gasteiger partial charge in [0.05, 0.1) is 23.1 Å². The molecule has 5 nitrogen and oxygen atoms in total. The lowest BCUT2D eigenvalue weighted by Crippen LogP contribution is -2.47. The van der Waals surface area contributed by atoms with Gasteiger partial charge in [0, 0.05) is 12.6 Å². The Labute approximate surface area is 99.3 Å². The summed E-state index contributed by atoms with van der Waals surface area (Å²) in [7, 11) is -2.91. The molecule has 0 aromatic carbocycles. The molecule has 1 aromatic rings. The van der Waals surface area contributed by atoms with E-state index < -0.39 is 9.84 Å². The zero-order valence-corrected chi connectivity index (χ0v) is 10.5. The molecular formula is C9H13ClN2O3S. The number of halogens is 1. The number of alkyl halides is 1. The molecule has 90 valence electrons. The Morgan fingerprint density at radius 2 is 2.44 bits per heavy atom. The topological polar surface area (TPSA) is 63.4 Å². The highest BCUT2D eigenvalue weighted by atomic mass is 35.5. The van der Waals surface area contributed by atoms with Crippen molar-refractivity contribution >= 4 is 27.5 Å². The zero-order chi connectivity index (χ0) is 11.8. The lowest BCUT2D eigenvalue weighted by Gasteiger charge is -2.31. The van der Waals surface area contributed by atoms with E-state index in [9.17, 15) is 8.42 Å². The first-order valence-electron chi connectivity index (χ1n) is 4.99. The molecule has 0 radical (unpaired) electrons. The number of hydrogen-bond acceptors (Lipinski definition) is 5. The van der Waals surface area contributed by atoms with E-state index in [1.165, 1.54) is 6.26 Å². The summed E-state index contributed by atoms with van der Waals surface area (Å²) in [4.78, 5) is 6.04. The fourth-order valence-electron chi connectivity index (χ4n) is 1.77. The second kappa shape index (κ2) is 4.25. The normalized spacial score (nSPS) is 24.6. The highest BCUT2D eigenvalue weighted by molar-refractivity contribution is 7.91. The summed E-state index contributed by atoms with van der Waals surface area (Å²) in [5.74, 6) is 0.589. The SMILES string of the molecule is CC1CS(=O)(=O)CCN1c1nc(CCl)co1. The Morgan fingerprint density at radius 1 is 1.69 bits per heavy atom. The van der Waals surface area contributed by atoms with Crippen LogP contribution in [-0.2, 0) is 15.7 Å². The van der Waals surface area contributed by atoms with Crippen molar-refractivity contribution in [3.05, 3.63) is 12.0 Å². The molecule has 2 heterocycles. The number of rotatable bonds is 2. The lowest BCUT2D eigenvalue weighted by atomic mass is 10.3. The van der Waals surface area contributed by atoms with Crippen LogP contribution < -0.4 is 4.90 Å². The molecule has 1 aliphatic heterocycles. The minimum Gasteiger partial charge on any atom is -0.432 e. The Hall–Kier alpha value is -0.750. The van der Waals surface area contributed by atoms with Gasteiger partial charge in [0.2, 0.25) is 0 Å². The number of nitrogens with zero attached hydrogens (tertiary/aromatic N) is 2. The quantitative estimate of drug-likeness (QED) is 0.747. The largest absolute Gasteiger partial charge is 0.432 e. The molecule has 0 aliphatic carbocycles. The molecule has 7 heteroatoms. The molecule has 1 aliphatic rings. The van der Waals surface area contributed by atoms with E-state index in [2.05, 4.69) is 4.98 Å². The van der Waals surface area contributed by atoms with E-state index in [1.54, 1.807) is 0 Å². The molecule has 1 saturated heterocycles. The van der Waals surface area contributed by atoms with Crippen molar-refractivity contribution in [2.75, 3.05) is 23.0 Å². The van der Waals surface area contributed by atoms with Crippen LogP contribution in [0.4, 0.5) is 6.01 Å². The molecule has 0 saturated carbocycles. The van der Waals surface area contributed by atoms with Gasteiger partial charge in [-0.3, -0.25) is 0 Å². The van der Waals surface area contributed by atoms with Crippen LogP contribution in [0.15, 0.2) is 10.7 Å². The van der Waals surface area contributed by atoms with Gasteiger partial charge in [-0.25, -0.2) is 8.42 Å². The first-order chi connectivity index (χ1) is 7.52. The van der Waals surface area contributed by atoms with Crippen LogP contribution in [0, 0.1) is 0 Å². The maximum Gasteiger partial charge on any atom is 0.297 e. The fraction of sp³-hybridized carbons (Fsp3) is 0.667. The van der Waals surface area contributed by atoms with Crippen LogP contribution in [-0.4, -0.2) is 37.5 Å². The van der Waals surface area contributed by atoms with Gasteiger partial charge in [-0.15, -0.1) is 11.6 Å². The molecule has 1 atom stereocenters. The van der Waals surface area contributed by atoms with E-state index >= 15 is 0 Å². The van der Waals surface area contributed by atoms with Crippen molar-refractivity contribution in [1.82, 2.24) is 4.98 Å². The summed E-state index contributed by atoms with van der Waals surface area (Å²) in [6.45, 7) is 2.27. The molecule has 1 unspecified atom stereocenters. The number of oxazole rings is 1. The molecule has 0 amide bonds. The Morgan fingerprint density at radius 3 is 3.00 bits per heavy atom. The van der Waals surface area contributed by atoms with E-state index in [0.29, 0.717) is 24.1 Å². The van der Waals surface area contributed by atoms with Gasteiger partial charge in [-0.1, -0.05) is 0 Å². The Bertz CT molecular complexity index is 471. The average Bonchev–Trinajstić information content (AvgIpc) is 2.64. The molecule has 16 heavy (non-hydrogen) atoms. The molecule has 0 N–H and O–H groups in total. The minimum absolute atomic E-state index is 0.111. The number of anilines is 1. The van der Waals surface area contributed by atoms with Gasteiger partial charge >= 0.3 is 0 Å². The predicted octanol–water partition coefficient (Wildman–Crippen LogP) is 1.04. The van der Waals surface area contributed by atoms with Gasteiger partial charge in [-0.05, 0) is 6.92 Å². The Balaban J connectivity index is 2.17. The first kappa shape index (κ1) is 11.7. The molecule has 0 spiro atoms. The summed E-state index contributed by atoms with van der Waals surface area (Å²) >= 11 is 5.62. The fourth-order valence-corrected chi connectivity index (χ4v) is 3.45. The van der Waals surface area contributed by atoms with Crippen LogP contribution in [0.2, 0.25) is 0 Å². The highest BCUT2D eigenvalue weighted by Gasteiger charge is 2.30. The predicted molar refractivity (Wildman–Crippen MR) is 61.5 cm³/mol. The third kappa shape index (κ3) is 2.32. The average molecular weight is 265 g/mol. The standard InChI is InChI=1S/C9H13ClN2O3S/c1-7-6-16(13,14)3-2-12(7)9-11-8(4-10)5-15-9/h5,7H,2-4,6H2,1H3. The van der Waals surface area contributed by atoms with Crippen molar-refractivity contribution in [1.29, 1.82) is 0 Å². The highest BCUT2D eigenvalue weighted by Crippen LogP contribution is 2.21. The molecule has 0 bridgehead atoms. The summed E-state index contributed by atoms with van der Waals surface area (Å²) in [6, 6.07) is 0.346. The van der Waals surface area contributed by atoms with E-state index in [4.69, 9.17) is 16.0 Å². The zero-order valence-electron chi connectivity index (χ0n) is 8.89. The van der Waals surface area contributed by atoms with Crippen molar-refractivity contribution in [3.8, 4) is 0 Å². The van der Waals surface area contributed by atoms with Crippen LogP contribution in [0.3, 0.4) is 0 Å². The summed E-state index contributed by atoms with van der Waals surface area (Å²) in [5, 5.41) is 0. The van der Waals surface area contributed by atoms with Gasteiger partial charge in [0.15, 0.2) is 9.84 Å². The number of hydrogen-bond donors (Lipinski definition) is 0. The van der Waals surface area contributed by atoms with E-state index in [-0.39, 0.29) is 17.5 Å². The first-order valence-corrected chi connectivity index (χ1v) is 7.35. The van der Waals surface area contributed by atoms with Crippen LogP contribution in [0.25, 0.3) is 0 Å². The monoisotopic (exact) mass is 264 g/mol. The minimum atomic E-state index is -2.91. The molecule has 1 fully saturated rings. The smallest absolute Gasteiger partial charge is 0.297 e. The van der Waals surface area contributed by atoms with Crippen LogP contribution in [0.1, 0.15) is 12.6 Å². The van der Waals surface area contributed by atoms with Crippen molar-refractivity contribution in [2.45, 2.75) is 18.8 Å². The van der Waals surface area contributed by atoms with Gasteiger partial charge in [0.1, 0.15) is 6.26 Å². The summed E-state index contributed by atoms with van der Waals surface area (Å²) in [6.07, 6.45) is 1.50. The van der Waals surface area contributed by atoms with Crippen molar-refractivity contribution < 1.29 is 12.8 Å². The van der Waals surface area contributed by atoms with E-state index in [0.717, 1.165) is 0 Å². The lowest BCUT2D eigenvalue weighted by molar-refractivity contribution is 0.503.